The molecule has 0 fully saturated rings. The van der Waals surface area contributed by atoms with E-state index >= 15 is 0 Å². The lowest BCUT2D eigenvalue weighted by Crippen LogP contribution is -2.46. The van der Waals surface area contributed by atoms with Crippen molar-refractivity contribution in [1.82, 2.24) is 5.32 Å². The number of ether oxygens (including phenoxy) is 2. The van der Waals surface area contributed by atoms with Crippen LogP contribution in [0.2, 0.25) is 0 Å². The zero-order valence-corrected chi connectivity index (χ0v) is 20.8. The average molecular weight is 508 g/mol. The number of halogens is 1. The number of hydrogen-bond donors (Lipinski definition) is 1. The van der Waals surface area contributed by atoms with Crippen LogP contribution in [-0.4, -0.2) is 36.9 Å². The molecule has 0 spiro atoms. The monoisotopic (exact) mass is 507 g/mol. The Balaban J connectivity index is 2.24. The number of rotatable bonds is 11. The maximum Gasteiger partial charge on any atom is 0.328 e. The first-order valence-corrected chi connectivity index (χ1v) is 12.0. The quantitative estimate of drug-likeness (QED) is 0.332. The van der Waals surface area contributed by atoms with E-state index in [0.717, 1.165) is 20.7 Å². The fraction of sp³-hybridized carbons (Fsp3) is 0.417. The van der Waals surface area contributed by atoms with Gasteiger partial charge in [0.15, 0.2) is 0 Å². The summed E-state index contributed by atoms with van der Waals surface area (Å²) in [5.41, 5.74) is 1.01. The summed E-state index contributed by atoms with van der Waals surface area (Å²) in [4.78, 5) is 26.7. The summed E-state index contributed by atoms with van der Waals surface area (Å²) in [5, 5.41) is 2.52. The summed E-state index contributed by atoms with van der Waals surface area (Å²) in [5.74, 6) is 0.432. The van der Waals surface area contributed by atoms with Gasteiger partial charge in [0.2, 0.25) is 5.91 Å². The van der Waals surface area contributed by atoms with E-state index in [-0.39, 0.29) is 18.4 Å². The number of nitrogens with one attached hydrogen (secondary N) is 1. The lowest BCUT2D eigenvalue weighted by Gasteiger charge is -2.23. The highest BCUT2D eigenvalue weighted by molar-refractivity contribution is 9.10. The van der Waals surface area contributed by atoms with E-state index in [1.807, 2.05) is 62.4 Å². The Morgan fingerprint density at radius 1 is 1.10 bits per heavy atom. The van der Waals surface area contributed by atoms with Gasteiger partial charge in [-0.1, -0.05) is 38.1 Å². The van der Waals surface area contributed by atoms with Gasteiger partial charge in [-0.15, -0.1) is 11.8 Å². The van der Waals surface area contributed by atoms with Crippen LogP contribution < -0.4 is 10.1 Å². The van der Waals surface area contributed by atoms with Gasteiger partial charge in [0.05, 0.1) is 19.0 Å². The third kappa shape index (κ3) is 8.22. The minimum atomic E-state index is -0.661. The SMILES string of the molecule is CCOC(=O)[C@H](CC(C)C)NC(=O)C(Cc1ccc(OC)cc1)Sc1ccccc1Br. The van der Waals surface area contributed by atoms with Crippen molar-refractivity contribution >= 4 is 39.6 Å². The lowest BCUT2D eigenvalue weighted by molar-refractivity contribution is -0.147. The third-order valence-electron chi connectivity index (χ3n) is 4.57. The van der Waals surface area contributed by atoms with Crippen molar-refractivity contribution in [2.45, 2.75) is 49.8 Å². The molecule has 0 aliphatic heterocycles. The number of benzene rings is 2. The molecule has 0 aliphatic rings. The van der Waals surface area contributed by atoms with Gasteiger partial charge in [-0.3, -0.25) is 4.79 Å². The second-order valence-corrected chi connectivity index (χ2v) is 9.63. The normalized spacial score (nSPS) is 12.8. The Morgan fingerprint density at radius 2 is 1.77 bits per heavy atom. The highest BCUT2D eigenvalue weighted by atomic mass is 79.9. The second-order valence-electron chi connectivity index (χ2n) is 7.53. The Kier molecular flexibility index (Phi) is 10.4. The molecular weight excluding hydrogens is 478 g/mol. The number of esters is 1. The summed E-state index contributed by atoms with van der Waals surface area (Å²) in [6, 6.07) is 14.8. The highest BCUT2D eigenvalue weighted by Gasteiger charge is 2.28. The molecule has 31 heavy (non-hydrogen) atoms. The number of amides is 1. The maximum absolute atomic E-state index is 13.3. The standard InChI is InChI=1S/C24H30BrNO4S/c1-5-30-24(28)20(14-16(2)3)26-23(27)22(31-21-9-7-6-8-19(21)25)15-17-10-12-18(29-4)13-11-17/h6-13,16,20,22H,5,14-15H2,1-4H3,(H,26,27)/t20-,22?/m0/s1. The highest BCUT2D eigenvalue weighted by Crippen LogP contribution is 2.32. The predicted octanol–water partition coefficient (Wildman–Crippen LogP) is 5.26. The van der Waals surface area contributed by atoms with E-state index in [9.17, 15) is 9.59 Å². The molecule has 2 aromatic carbocycles. The van der Waals surface area contributed by atoms with Crippen molar-refractivity contribution in [3.63, 3.8) is 0 Å². The Bertz CT molecular complexity index is 857. The van der Waals surface area contributed by atoms with Crippen molar-refractivity contribution in [3.05, 3.63) is 58.6 Å². The minimum absolute atomic E-state index is 0.185. The largest absolute Gasteiger partial charge is 0.497 e. The minimum Gasteiger partial charge on any atom is -0.497 e. The molecule has 0 bridgehead atoms. The van der Waals surface area contributed by atoms with Crippen molar-refractivity contribution in [2.24, 2.45) is 5.92 Å². The van der Waals surface area contributed by atoms with E-state index in [0.29, 0.717) is 12.8 Å². The zero-order valence-electron chi connectivity index (χ0n) is 18.4. The van der Waals surface area contributed by atoms with E-state index in [1.54, 1.807) is 14.0 Å². The van der Waals surface area contributed by atoms with Gasteiger partial charge in [-0.25, -0.2) is 4.79 Å². The number of thioether (sulfide) groups is 1. The van der Waals surface area contributed by atoms with Crippen molar-refractivity contribution in [1.29, 1.82) is 0 Å². The maximum atomic E-state index is 13.3. The number of hydrogen-bond acceptors (Lipinski definition) is 5. The number of carbonyl (C=O) groups is 2. The second kappa shape index (κ2) is 12.8. The van der Waals surface area contributed by atoms with Crippen LogP contribution in [0.5, 0.6) is 5.75 Å². The van der Waals surface area contributed by atoms with Crippen LogP contribution in [0, 0.1) is 5.92 Å². The molecule has 2 rings (SSSR count). The summed E-state index contributed by atoms with van der Waals surface area (Å²) in [6.45, 7) is 6.08. The van der Waals surface area contributed by atoms with Crippen LogP contribution in [0.25, 0.3) is 0 Å². The molecule has 7 heteroatoms. The van der Waals surface area contributed by atoms with Gasteiger partial charge in [-0.05, 0) is 71.4 Å². The molecule has 0 radical (unpaired) electrons. The molecule has 2 aromatic rings. The predicted molar refractivity (Wildman–Crippen MR) is 129 cm³/mol. The molecule has 1 unspecified atom stereocenters. The Labute approximate surface area is 197 Å². The van der Waals surface area contributed by atoms with Crippen LogP contribution in [0.15, 0.2) is 57.9 Å². The first-order valence-electron chi connectivity index (χ1n) is 10.3. The fourth-order valence-electron chi connectivity index (χ4n) is 3.05. The molecule has 0 saturated heterocycles. The molecule has 1 N–H and O–H groups in total. The first-order chi connectivity index (χ1) is 14.8. The van der Waals surface area contributed by atoms with Crippen molar-refractivity contribution in [2.75, 3.05) is 13.7 Å². The zero-order chi connectivity index (χ0) is 22.8. The van der Waals surface area contributed by atoms with Gasteiger partial charge in [0, 0.05) is 9.37 Å². The van der Waals surface area contributed by atoms with E-state index < -0.39 is 17.3 Å². The summed E-state index contributed by atoms with van der Waals surface area (Å²) >= 11 is 5.03. The van der Waals surface area contributed by atoms with Gasteiger partial charge >= 0.3 is 5.97 Å². The van der Waals surface area contributed by atoms with E-state index in [1.165, 1.54) is 11.8 Å². The van der Waals surface area contributed by atoms with Crippen molar-refractivity contribution in [3.8, 4) is 5.75 Å². The summed E-state index contributed by atoms with van der Waals surface area (Å²) in [7, 11) is 1.62. The van der Waals surface area contributed by atoms with Crippen LogP contribution in [-0.2, 0) is 20.7 Å². The van der Waals surface area contributed by atoms with Crippen LogP contribution in [0.4, 0.5) is 0 Å². The Morgan fingerprint density at radius 3 is 2.35 bits per heavy atom. The Hall–Kier alpha value is -1.99. The summed E-state index contributed by atoms with van der Waals surface area (Å²) in [6.07, 6.45) is 1.04. The molecule has 1 amide bonds. The molecule has 2 atom stereocenters. The first kappa shape index (κ1) is 25.3. The summed E-state index contributed by atoms with van der Waals surface area (Å²) < 4.78 is 11.3. The van der Waals surface area contributed by atoms with Crippen molar-refractivity contribution < 1.29 is 19.1 Å². The van der Waals surface area contributed by atoms with E-state index in [4.69, 9.17) is 9.47 Å². The van der Waals surface area contributed by atoms with Gasteiger partial charge in [0.25, 0.3) is 0 Å². The molecule has 0 saturated carbocycles. The smallest absolute Gasteiger partial charge is 0.328 e. The molecule has 0 heterocycles. The van der Waals surface area contributed by atoms with Gasteiger partial charge < -0.3 is 14.8 Å². The van der Waals surface area contributed by atoms with Crippen LogP contribution in [0.1, 0.15) is 32.8 Å². The lowest BCUT2D eigenvalue weighted by atomic mass is 10.0. The number of methoxy groups -OCH3 is 1. The average Bonchev–Trinajstić information content (AvgIpc) is 2.74. The van der Waals surface area contributed by atoms with Gasteiger partial charge in [0.1, 0.15) is 11.8 Å². The molecule has 0 aromatic heterocycles. The van der Waals surface area contributed by atoms with Crippen LogP contribution >= 0.6 is 27.7 Å². The fourth-order valence-corrected chi connectivity index (χ4v) is 4.71. The molecule has 5 nitrogen and oxygen atoms in total. The van der Waals surface area contributed by atoms with E-state index in [2.05, 4.69) is 21.2 Å². The van der Waals surface area contributed by atoms with Crippen LogP contribution in [0.3, 0.4) is 0 Å². The third-order valence-corrected chi connectivity index (χ3v) is 6.80. The topological polar surface area (TPSA) is 64.6 Å². The molecule has 0 aliphatic carbocycles. The molecule has 168 valence electrons. The van der Waals surface area contributed by atoms with Gasteiger partial charge in [-0.2, -0.15) is 0 Å². The molecular formula is C24H30BrNO4S. The number of carbonyl (C=O) groups excluding carboxylic acids is 2.